The number of carbonyl (C=O) groups excluding carboxylic acids is 2. The molecule has 0 spiro atoms. The Labute approximate surface area is 151 Å². The van der Waals surface area contributed by atoms with E-state index < -0.39 is 0 Å². The Morgan fingerprint density at radius 1 is 1.20 bits per heavy atom. The minimum absolute atomic E-state index is 0.00271. The van der Waals surface area contributed by atoms with Crippen molar-refractivity contribution in [1.29, 1.82) is 0 Å². The number of halogens is 1. The lowest BCUT2D eigenvalue weighted by Gasteiger charge is -2.17. The van der Waals surface area contributed by atoms with Gasteiger partial charge in [-0.25, -0.2) is 0 Å². The van der Waals surface area contributed by atoms with Crippen molar-refractivity contribution in [3.8, 4) is 5.75 Å². The van der Waals surface area contributed by atoms with Gasteiger partial charge in [-0.3, -0.25) is 9.59 Å². The van der Waals surface area contributed by atoms with Gasteiger partial charge in [-0.1, -0.05) is 23.7 Å². The van der Waals surface area contributed by atoms with Crippen molar-refractivity contribution in [3.05, 3.63) is 59.1 Å². The van der Waals surface area contributed by atoms with Crippen molar-refractivity contribution in [2.24, 2.45) is 0 Å². The highest BCUT2D eigenvalue weighted by Gasteiger charge is 2.31. The SMILES string of the molecule is COc1ccc(CC(=O)N[C@@H]2CC(=O)N(c3ccc(Cl)cc3)C2)cc1. The fourth-order valence-electron chi connectivity index (χ4n) is 2.88. The van der Waals surface area contributed by atoms with Gasteiger partial charge in [0.2, 0.25) is 11.8 Å². The number of methoxy groups -OCH3 is 1. The molecule has 1 aliphatic rings. The molecule has 0 unspecified atom stereocenters. The second-order valence-corrected chi connectivity index (χ2v) is 6.41. The highest BCUT2D eigenvalue weighted by atomic mass is 35.5. The Hall–Kier alpha value is -2.53. The van der Waals surface area contributed by atoms with Gasteiger partial charge in [0.1, 0.15) is 5.75 Å². The minimum Gasteiger partial charge on any atom is -0.497 e. The zero-order valence-corrected chi connectivity index (χ0v) is 14.6. The molecule has 25 heavy (non-hydrogen) atoms. The van der Waals surface area contributed by atoms with E-state index in [9.17, 15) is 9.59 Å². The predicted molar refractivity (Wildman–Crippen MR) is 97.1 cm³/mol. The Kier molecular flexibility index (Phi) is 5.24. The second-order valence-electron chi connectivity index (χ2n) is 5.97. The summed E-state index contributed by atoms with van der Waals surface area (Å²) < 4.78 is 5.10. The molecule has 2 aromatic rings. The van der Waals surface area contributed by atoms with Crippen LogP contribution in [-0.2, 0) is 16.0 Å². The lowest BCUT2D eigenvalue weighted by atomic mass is 10.1. The van der Waals surface area contributed by atoms with Gasteiger partial charge in [-0.2, -0.15) is 0 Å². The molecule has 0 radical (unpaired) electrons. The van der Waals surface area contributed by atoms with Gasteiger partial charge in [0.25, 0.3) is 0 Å². The van der Waals surface area contributed by atoms with Crippen LogP contribution in [0.15, 0.2) is 48.5 Å². The third-order valence-corrected chi connectivity index (χ3v) is 4.40. The molecule has 2 aromatic carbocycles. The van der Waals surface area contributed by atoms with E-state index in [1.165, 1.54) is 0 Å². The first-order valence-corrected chi connectivity index (χ1v) is 8.41. The molecule has 1 aliphatic heterocycles. The number of nitrogens with one attached hydrogen (secondary N) is 1. The van der Waals surface area contributed by atoms with E-state index in [0.29, 0.717) is 18.0 Å². The van der Waals surface area contributed by atoms with Crippen molar-refractivity contribution in [1.82, 2.24) is 5.32 Å². The summed E-state index contributed by atoms with van der Waals surface area (Å²) in [5, 5.41) is 3.56. The standard InChI is InChI=1S/C19H19ClN2O3/c1-25-17-8-2-13(3-9-17)10-18(23)21-15-11-19(24)22(12-15)16-6-4-14(20)5-7-16/h2-9,15H,10-12H2,1H3,(H,21,23)/t15-/m1/s1. The zero-order chi connectivity index (χ0) is 17.8. The lowest BCUT2D eigenvalue weighted by Crippen LogP contribution is -2.38. The maximum Gasteiger partial charge on any atom is 0.229 e. The average molecular weight is 359 g/mol. The number of anilines is 1. The molecule has 3 rings (SSSR count). The van der Waals surface area contributed by atoms with Gasteiger partial charge in [0.15, 0.2) is 0 Å². The Bertz CT molecular complexity index is 759. The summed E-state index contributed by atoms with van der Waals surface area (Å²) in [5.41, 5.74) is 1.69. The second kappa shape index (κ2) is 7.57. The van der Waals surface area contributed by atoms with Crippen LogP contribution < -0.4 is 15.0 Å². The van der Waals surface area contributed by atoms with E-state index in [0.717, 1.165) is 17.0 Å². The van der Waals surface area contributed by atoms with Crippen molar-refractivity contribution >= 4 is 29.1 Å². The van der Waals surface area contributed by atoms with Gasteiger partial charge >= 0.3 is 0 Å². The summed E-state index contributed by atoms with van der Waals surface area (Å²) in [5.74, 6) is 0.655. The smallest absolute Gasteiger partial charge is 0.229 e. The molecule has 0 bridgehead atoms. The molecule has 130 valence electrons. The maximum atomic E-state index is 12.2. The number of rotatable bonds is 5. The molecule has 0 aliphatic carbocycles. The number of benzene rings is 2. The van der Waals surface area contributed by atoms with Crippen LogP contribution in [0.3, 0.4) is 0 Å². The molecular weight excluding hydrogens is 340 g/mol. The molecule has 1 saturated heterocycles. The van der Waals surface area contributed by atoms with Gasteiger partial charge < -0.3 is 15.0 Å². The number of carbonyl (C=O) groups is 2. The van der Waals surface area contributed by atoms with E-state index in [1.807, 2.05) is 36.4 Å². The number of nitrogens with zero attached hydrogens (tertiary/aromatic N) is 1. The zero-order valence-electron chi connectivity index (χ0n) is 13.9. The summed E-state index contributed by atoms with van der Waals surface area (Å²) in [4.78, 5) is 26.1. The van der Waals surface area contributed by atoms with Crippen LogP contribution in [-0.4, -0.2) is 31.5 Å². The van der Waals surface area contributed by atoms with Crippen molar-refractivity contribution < 1.29 is 14.3 Å². The molecule has 1 atom stereocenters. The molecule has 5 nitrogen and oxygen atoms in total. The normalized spacial score (nSPS) is 16.8. The van der Waals surface area contributed by atoms with Crippen LogP contribution >= 0.6 is 11.6 Å². The first kappa shape index (κ1) is 17.3. The molecule has 0 aromatic heterocycles. The van der Waals surface area contributed by atoms with Gasteiger partial charge in [0, 0.05) is 23.7 Å². The Morgan fingerprint density at radius 2 is 1.88 bits per heavy atom. The van der Waals surface area contributed by atoms with Crippen molar-refractivity contribution in [2.75, 3.05) is 18.6 Å². The number of hydrogen-bond donors (Lipinski definition) is 1. The van der Waals surface area contributed by atoms with Crippen LogP contribution in [0.25, 0.3) is 0 Å². The molecule has 0 saturated carbocycles. The summed E-state index contributed by atoms with van der Waals surface area (Å²) in [7, 11) is 1.60. The predicted octanol–water partition coefficient (Wildman–Crippen LogP) is 2.81. The molecule has 6 heteroatoms. The fraction of sp³-hybridized carbons (Fsp3) is 0.263. The van der Waals surface area contributed by atoms with E-state index in [2.05, 4.69) is 5.32 Å². The summed E-state index contributed by atoms with van der Waals surface area (Å²) >= 11 is 5.88. The van der Waals surface area contributed by atoms with E-state index in [-0.39, 0.29) is 24.3 Å². The van der Waals surface area contributed by atoms with Crippen LogP contribution in [0.5, 0.6) is 5.75 Å². The fourth-order valence-corrected chi connectivity index (χ4v) is 3.01. The topological polar surface area (TPSA) is 58.6 Å². The average Bonchev–Trinajstić information content (AvgIpc) is 2.96. The van der Waals surface area contributed by atoms with Gasteiger partial charge in [-0.05, 0) is 42.0 Å². The largest absolute Gasteiger partial charge is 0.497 e. The van der Waals surface area contributed by atoms with Gasteiger partial charge in [0.05, 0.1) is 19.6 Å². The van der Waals surface area contributed by atoms with E-state index >= 15 is 0 Å². The van der Waals surface area contributed by atoms with Crippen molar-refractivity contribution in [2.45, 2.75) is 18.9 Å². The Balaban J connectivity index is 1.57. The molecule has 2 amide bonds. The molecule has 1 heterocycles. The highest BCUT2D eigenvalue weighted by molar-refractivity contribution is 6.30. The minimum atomic E-state index is -0.186. The summed E-state index contributed by atoms with van der Waals surface area (Å²) in [6.07, 6.45) is 0.576. The number of amides is 2. The van der Waals surface area contributed by atoms with Crippen LogP contribution in [0.4, 0.5) is 5.69 Å². The lowest BCUT2D eigenvalue weighted by molar-refractivity contribution is -0.121. The third-order valence-electron chi connectivity index (χ3n) is 4.15. The molecule has 1 N–H and O–H groups in total. The van der Waals surface area contributed by atoms with Crippen LogP contribution in [0, 0.1) is 0 Å². The van der Waals surface area contributed by atoms with Crippen molar-refractivity contribution in [3.63, 3.8) is 0 Å². The quantitative estimate of drug-likeness (QED) is 0.894. The van der Waals surface area contributed by atoms with Crippen LogP contribution in [0.1, 0.15) is 12.0 Å². The summed E-state index contributed by atoms with van der Waals surface area (Å²) in [6, 6.07) is 14.3. The Morgan fingerprint density at radius 3 is 2.52 bits per heavy atom. The van der Waals surface area contributed by atoms with E-state index in [4.69, 9.17) is 16.3 Å². The summed E-state index contributed by atoms with van der Waals surface area (Å²) in [6.45, 7) is 0.467. The van der Waals surface area contributed by atoms with Crippen LogP contribution in [0.2, 0.25) is 5.02 Å². The maximum absolute atomic E-state index is 12.2. The molecule has 1 fully saturated rings. The first-order chi connectivity index (χ1) is 12.0. The van der Waals surface area contributed by atoms with Gasteiger partial charge in [-0.15, -0.1) is 0 Å². The van der Waals surface area contributed by atoms with E-state index in [1.54, 1.807) is 24.1 Å². The number of ether oxygens (including phenoxy) is 1. The third kappa shape index (κ3) is 4.31. The molecular formula is C19H19ClN2O3. The first-order valence-electron chi connectivity index (χ1n) is 8.03. The number of hydrogen-bond acceptors (Lipinski definition) is 3. The monoisotopic (exact) mass is 358 g/mol. The highest BCUT2D eigenvalue weighted by Crippen LogP contribution is 2.23.